The molecule has 0 saturated heterocycles. The first-order valence-electron chi connectivity index (χ1n) is 5.44. The molecule has 2 aromatic carbocycles. The molecule has 0 atom stereocenters. The predicted octanol–water partition coefficient (Wildman–Crippen LogP) is 3.79. The van der Waals surface area contributed by atoms with Crippen molar-refractivity contribution in [2.45, 2.75) is 0 Å². The molecule has 0 spiro atoms. The van der Waals surface area contributed by atoms with Crippen molar-refractivity contribution >= 4 is 0 Å². The summed E-state index contributed by atoms with van der Waals surface area (Å²) >= 11 is 0. The van der Waals surface area contributed by atoms with E-state index in [1.807, 2.05) is 0 Å². The Morgan fingerprint density at radius 3 is 2.16 bits per heavy atom. The van der Waals surface area contributed by atoms with Crippen LogP contribution in [-0.4, -0.2) is 14.2 Å². The minimum atomic E-state index is -1.16. The first-order chi connectivity index (χ1) is 9.08. The van der Waals surface area contributed by atoms with E-state index < -0.39 is 17.5 Å². The summed E-state index contributed by atoms with van der Waals surface area (Å²) in [5.41, 5.74) is -0.256. The number of ether oxygens (including phenoxy) is 2. The average Bonchev–Trinajstić information content (AvgIpc) is 2.43. The van der Waals surface area contributed by atoms with Gasteiger partial charge in [0.2, 0.25) is 5.82 Å². The van der Waals surface area contributed by atoms with Gasteiger partial charge in [-0.2, -0.15) is 4.39 Å². The molecular formula is C14H11F3O2. The van der Waals surface area contributed by atoms with Crippen molar-refractivity contribution in [3.8, 4) is 22.6 Å². The molecular weight excluding hydrogens is 257 g/mol. The third kappa shape index (κ3) is 2.36. The summed E-state index contributed by atoms with van der Waals surface area (Å²) in [5, 5.41) is 0. The topological polar surface area (TPSA) is 18.5 Å². The van der Waals surface area contributed by atoms with Crippen LogP contribution in [0.15, 0.2) is 30.3 Å². The second-order valence-corrected chi connectivity index (χ2v) is 3.79. The van der Waals surface area contributed by atoms with Crippen molar-refractivity contribution in [3.05, 3.63) is 47.8 Å². The Labute approximate surface area is 108 Å². The SMILES string of the molecule is COc1ccc(F)c(-c2ccc(OC)c(F)c2F)c1. The molecule has 0 amide bonds. The van der Waals surface area contributed by atoms with Crippen molar-refractivity contribution in [2.75, 3.05) is 14.2 Å². The van der Waals surface area contributed by atoms with Gasteiger partial charge >= 0.3 is 0 Å². The smallest absolute Gasteiger partial charge is 0.201 e. The highest BCUT2D eigenvalue weighted by Gasteiger charge is 2.18. The Balaban J connectivity index is 2.62. The molecule has 0 unspecified atom stereocenters. The lowest BCUT2D eigenvalue weighted by molar-refractivity contribution is 0.372. The summed E-state index contributed by atoms with van der Waals surface area (Å²) < 4.78 is 50.8. The van der Waals surface area contributed by atoms with Crippen LogP contribution in [-0.2, 0) is 0 Å². The van der Waals surface area contributed by atoms with E-state index >= 15 is 0 Å². The Kier molecular flexibility index (Phi) is 3.64. The van der Waals surface area contributed by atoms with Crippen molar-refractivity contribution in [1.82, 2.24) is 0 Å². The molecule has 0 N–H and O–H groups in total. The Morgan fingerprint density at radius 1 is 0.789 bits per heavy atom. The maximum absolute atomic E-state index is 13.9. The molecule has 0 aliphatic heterocycles. The monoisotopic (exact) mass is 268 g/mol. The number of halogens is 3. The quantitative estimate of drug-likeness (QED) is 0.843. The van der Waals surface area contributed by atoms with E-state index in [4.69, 9.17) is 4.74 Å². The van der Waals surface area contributed by atoms with Crippen LogP contribution < -0.4 is 9.47 Å². The molecule has 19 heavy (non-hydrogen) atoms. The largest absolute Gasteiger partial charge is 0.497 e. The molecule has 0 radical (unpaired) electrons. The fraction of sp³-hybridized carbons (Fsp3) is 0.143. The van der Waals surface area contributed by atoms with Gasteiger partial charge in [0, 0.05) is 11.1 Å². The second kappa shape index (κ2) is 5.22. The molecule has 0 fully saturated rings. The van der Waals surface area contributed by atoms with Crippen LogP contribution in [0, 0.1) is 17.5 Å². The summed E-state index contributed by atoms with van der Waals surface area (Å²) in [7, 11) is 2.63. The third-order valence-corrected chi connectivity index (χ3v) is 2.73. The molecule has 0 aliphatic carbocycles. The highest BCUT2D eigenvalue weighted by molar-refractivity contribution is 5.67. The second-order valence-electron chi connectivity index (χ2n) is 3.79. The maximum atomic E-state index is 13.9. The number of methoxy groups -OCH3 is 2. The Bertz CT molecular complexity index is 612. The molecule has 0 aliphatic rings. The molecule has 0 saturated carbocycles. The zero-order chi connectivity index (χ0) is 14.0. The maximum Gasteiger partial charge on any atom is 0.201 e. The molecule has 0 aromatic heterocycles. The predicted molar refractivity (Wildman–Crippen MR) is 64.9 cm³/mol. The van der Waals surface area contributed by atoms with Gasteiger partial charge in [-0.15, -0.1) is 0 Å². The zero-order valence-corrected chi connectivity index (χ0v) is 10.3. The Hall–Kier alpha value is -2.17. The highest BCUT2D eigenvalue weighted by atomic mass is 19.2. The van der Waals surface area contributed by atoms with E-state index in [0.29, 0.717) is 5.75 Å². The first-order valence-corrected chi connectivity index (χ1v) is 5.44. The zero-order valence-electron chi connectivity index (χ0n) is 10.3. The summed E-state index contributed by atoms with van der Waals surface area (Å²) in [6, 6.07) is 6.34. The van der Waals surface area contributed by atoms with Gasteiger partial charge in [0.25, 0.3) is 0 Å². The van der Waals surface area contributed by atoms with Crippen LogP contribution in [0.3, 0.4) is 0 Å². The van der Waals surface area contributed by atoms with Crippen LogP contribution in [0.25, 0.3) is 11.1 Å². The highest BCUT2D eigenvalue weighted by Crippen LogP contribution is 2.33. The van der Waals surface area contributed by atoms with E-state index in [1.165, 1.54) is 38.5 Å². The third-order valence-electron chi connectivity index (χ3n) is 2.73. The lowest BCUT2D eigenvalue weighted by Gasteiger charge is -2.10. The molecule has 2 aromatic rings. The molecule has 2 rings (SSSR count). The van der Waals surface area contributed by atoms with Crippen molar-refractivity contribution in [3.63, 3.8) is 0 Å². The molecule has 100 valence electrons. The molecule has 5 heteroatoms. The number of rotatable bonds is 3. The number of benzene rings is 2. The van der Waals surface area contributed by atoms with E-state index in [0.717, 1.165) is 6.07 Å². The van der Waals surface area contributed by atoms with E-state index in [-0.39, 0.29) is 16.9 Å². The van der Waals surface area contributed by atoms with E-state index in [9.17, 15) is 13.2 Å². The molecule has 0 heterocycles. The van der Waals surface area contributed by atoms with Gasteiger partial charge in [0.15, 0.2) is 11.6 Å². The minimum Gasteiger partial charge on any atom is -0.497 e. The molecule has 0 bridgehead atoms. The fourth-order valence-corrected chi connectivity index (χ4v) is 1.74. The van der Waals surface area contributed by atoms with E-state index in [2.05, 4.69) is 4.74 Å². The van der Waals surface area contributed by atoms with Gasteiger partial charge in [-0.3, -0.25) is 0 Å². The summed E-state index contributed by atoms with van der Waals surface area (Å²) in [5.74, 6) is -2.85. The lowest BCUT2D eigenvalue weighted by atomic mass is 10.0. The lowest BCUT2D eigenvalue weighted by Crippen LogP contribution is -1.96. The van der Waals surface area contributed by atoms with E-state index in [1.54, 1.807) is 0 Å². The first kappa shape index (κ1) is 13.3. The average molecular weight is 268 g/mol. The van der Waals surface area contributed by atoms with Crippen molar-refractivity contribution < 1.29 is 22.6 Å². The van der Waals surface area contributed by atoms with Crippen molar-refractivity contribution in [2.24, 2.45) is 0 Å². The summed E-state index contributed by atoms with van der Waals surface area (Å²) in [6.07, 6.45) is 0. The standard InChI is InChI=1S/C14H11F3O2/c1-18-8-3-5-11(15)10(7-8)9-4-6-12(19-2)14(17)13(9)16/h3-7H,1-2H3. The normalized spacial score (nSPS) is 10.4. The summed E-state index contributed by atoms with van der Waals surface area (Å²) in [4.78, 5) is 0. The van der Waals surface area contributed by atoms with Gasteiger partial charge in [-0.25, -0.2) is 8.78 Å². The molecule has 2 nitrogen and oxygen atoms in total. The van der Waals surface area contributed by atoms with Crippen molar-refractivity contribution in [1.29, 1.82) is 0 Å². The van der Waals surface area contributed by atoms with Gasteiger partial charge in [-0.05, 0) is 30.3 Å². The number of hydrogen-bond donors (Lipinski definition) is 0. The van der Waals surface area contributed by atoms with Crippen LogP contribution in [0.2, 0.25) is 0 Å². The van der Waals surface area contributed by atoms with Gasteiger partial charge in [0.05, 0.1) is 14.2 Å². The summed E-state index contributed by atoms with van der Waals surface area (Å²) in [6.45, 7) is 0. The Morgan fingerprint density at radius 2 is 1.53 bits per heavy atom. The minimum absolute atomic E-state index is 0.0709. The van der Waals surface area contributed by atoms with Gasteiger partial charge in [0.1, 0.15) is 11.6 Å². The van der Waals surface area contributed by atoms with Crippen LogP contribution in [0.4, 0.5) is 13.2 Å². The van der Waals surface area contributed by atoms with Crippen LogP contribution in [0.1, 0.15) is 0 Å². The van der Waals surface area contributed by atoms with Gasteiger partial charge in [-0.1, -0.05) is 0 Å². The van der Waals surface area contributed by atoms with Gasteiger partial charge < -0.3 is 9.47 Å². The number of hydrogen-bond acceptors (Lipinski definition) is 2. The van der Waals surface area contributed by atoms with Crippen LogP contribution in [0.5, 0.6) is 11.5 Å². The fourth-order valence-electron chi connectivity index (χ4n) is 1.74. The van der Waals surface area contributed by atoms with Crippen LogP contribution >= 0.6 is 0 Å².